The number of fused-ring (bicyclic) bond motifs is 1. The number of sulfonamides is 1. The molecule has 0 bridgehead atoms. The van der Waals surface area contributed by atoms with Gasteiger partial charge in [0, 0.05) is 40.1 Å². The Morgan fingerprint density at radius 1 is 1.17 bits per heavy atom. The zero-order valence-electron chi connectivity index (χ0n) is 17.3. The topological polar surface area (TPSA) is 111 Å². The van der Waals surface area contributed by atoms with Crippen LogP contribution < -0.4 is 4.90 Å². The van der Waals surface area contributed by atoms with Crippen LogP contribution in [-0.2, 0) is 32.7 Å². The van der Waals surface area contributed by atoms with Crippen molar-refractivity contribution in [3.63, 3.8) is 0 Å². The Kier molecular flexibility index (Phi) is 6.32. The molecule has 2 aromatic heterocycles. The molecule has 0 radical (unpaired) electrons. The summed E-state index contributed by atoms with van der Waals surface area (Å²) in [7, 11) is 1.09. The molecule has 10 nitrogen and oxygen atoms in total. The van der Waals surface area contributed by atoms with Crippen molar-refractivity contribution in [2.24, 2.45) is 0 Å². The zero-order valence-corrected chi connectivity index (χ0v) is 18.1. The Labute approximate surface area is 175 Å². The largest absolute Gasteiger partial charge is 0.456 e. The van der Waals surface area contributed by atoms with E-state index in [1.807, 2.05) is 11.5 Å². The van der Waals surface area contributed by atoms with E-state index in [0.29, 0.717) is 23.8 Å². The van der Waals surface area contributed by atoms with E-state index in [1.165, 1.54) is 20.2 Å². The van der Waals surface area contributed by atoms with E-state index in [4.69, 9.17) is 4.74 Å². The molecule has 0 atom stereocenters. The number of likely N-dealkylation sites (N-methyl/N-ethyl adjacent to an activating group) is 1. The minimum atomic E-state index is -3.56. The van der Waals surface area contributed by atoms with E-state index in [9.17, 15) is 13.2 Å². The van der Waals surface area contributed by atoms with Crippen molar-refractivity contribution in [2.45, 2.75) is 25.0 Å². The molecule has 0 saturated carbocycles. The Hall–Kier alpha value is -3.05. The third-order valence-electron chi connectivity index (χ3n) is 4.52. The second-order valence-corrected chi connectivity index (χ2v) is 8.93. The number of imidazole rings is 1. The van der Waals surface area contributed by atoms with Crippen LogP contribution in [0.4, 0.5) is 5.95 Å². The Bertz CT molecular complexity index is 1140. The van der Waals surface area contributed by atoms with Gasteiger partial charge >= 0.3 is 5.97 Å². The van der Waals surface area contributed by atoms with Crippen LogP contribution in [0.1, 0.15) is 12.7 Å². The number of hydrogen-bond donors (Lipinski definition) is 0. The second-order valence-electron chi connectivity index (χ2n) is 6.78. The van der Waals surface area contributed by atoms with Crippen LogP contribution >= 0.6 is 0 Å². The van der Waals surface area contributed by atoms with Gasteiger partial charge in [0.15, 0.2) is 0 Å². The number of esters is 1. The third-order valence-corrected chi connectivity index (χ3v) is 6.33. The van der Waals surface area contributed by atoms with Crippen LogP contribution in [0, 0.1) is 0 Å². The van der Waals surface area contributed by atoms with Crippen molar-refractivity contribution in [3.8, 4) is 0 Å². The maximum atomic E-state index is 12.4. The molecule has 0 aliphatic carbocycles. The molecule has 0 saturated heterocycles. The Morgan fingerprint density at radius 3 is 2.50 bits per heavy atom. The summed E-state index contributed by atoms with van der Waals surface area (Å²) >= 11 is 0. The monoisotopic (exact) mass is 432 g/mol. The van der Waals surface area contributed by atoms with Crippen LogP contribution in [0.5, 0.6) is 0 Å². The van der Waals surface area contributed by atoms with Crippen LogP contribution in [0.15, 0.2) is 41.6 Å². The minimum Gasteiger partial charge on any atom is -0.456 e. The van der Waals surface area contributed by atoms with Crippen molar-refractivity contribution < 1.29 is 17.9 Å². The molecule has 3 aromatic rings. The lowest BCUT2D eigenvalue weighted by molar-refractivity contribution is -0.143. The summed E-state index contributed by atoms with van der Waals surface area (Å²) in [5, 5.41) is 0. The van der Waals surface area contributed by atoms with E-state index < -0.39 is 16.0 Å². The van der Waals surface area contributed by atoms with Gasteiger partial charge in [-0.2, -0.15) is 0 Å². The highest BCUT2D eigenvalue weighted by molar-refractivity contribution is 7.89. The highest BCUT2D eigenvalue weighted by atomic mass is 32.2. The molecule has 160 valence electrons. The fourth-order valence-electron chi connectivity index (χ4n) is 2.94. The van der Waals surface area contributed by atoms with Gasteiger partial charge in [-0.15, -0.1) is 0 Å². The first-order valence-corrected chi connectivity index (χ1v) is 10.7. The molecule has 0 N–H and O–H groups in total. The number of ether oxygens (including phenoxy) is 1. The van der Waals surface area contributed by atoms with E-state index in [0.717, 1.165) is 9.82 Å². The fourth-order valence-corrected chi connectivity index (χ4v) is 3.86. The number of hydrogen-bond acceptors (Lipinski definition) is 8. The van der Waals surface area contributed by atoms with Crippen LogP contribution in [0.25, 0.3) is 11.0 Å². The van der Waals surface area contributed by atoms with Crippen LogP contribution in [-0.4, -0.2) is 65.9 Å². The molecule has 0 spiro atoms. The summed E-state index contributed by atoms with van der Waals surface area (Å²) in [6.07, 6.45) is 3.19. The molecule has 0 aliphatic rings. The minimum absolute atomic E-state index is 0.0123. The zero-order chi connectivity index (χ0) is 21.9. The van der Waals surface area contributed by atoms with Gasteiger partial charge in [0.2, 0.25) is 16.0 Å². The number of aromatic nitrogens is 4. The van der Waals surface area contributed by atoms with Crippen molar-refractivity contribution in [1.82, 2.24) is 23.8 Å². The van der Waals surface area contributed by atoms with Gasteiger partial charge in [-0.05, 0) is 31.2 Å². The van der Waals surface area contributed by atoms with Crippen molar-refractivity contribution in [1.29, 1.82) is 0 Å². The van der Waals surface area contributed by atoms with Gasteiger partial charge in [-0.3, -0.25) is 4.79 Å². The average molecular weight is 433 g/mol. The molecular formula is C19H24N6O4S. The first-order chi connectivity index (χ1) is 14.2. The van der Waals surface area contributed by atoms with Gasteiger partial charge in [0.25, 0.3) is 0 Å². The number of benzene rings is 1. The van der Waals surface area contributed by atoms with Crippen molar-refractivity contribution >= 4 is 33.0 Å². The molecule has 30 heavy (non-hydrogen) atoms. The summed E-state index contributed by atoms with van der Waals surface area (Å²) < 4.78 is 33.2. The van der Waals surface area contributed by atoms with E-state index in [2.05, 4.69) is 15.0 Å². The number of carbonyl (C=O) groups is 1. The summed E-state index contributed by atoms with van der Waals surface area (Å²) in [5.41, 5.74) is 1.30. The van der Waals surface area contributed by atoms with E-state index >= 15 is 0 Å². The summed E-state index contributed by atoms with van der Waals surface area (Å²) in [6.45, 7) is 2.50. The SMILES string of the molecule is CCn1c(COC(=O)CN(C)c2ncccn2)nc2cc(S(=O)(=O)N(C)C)ccc21. The van der Waals surface area contributed by atoms with Crippen molar-refractivity contribution in [3.05, 3.63) is 42.5 Å². The number of nitrogens with zero attached hydrogens (tertiary/aromatic N) is 6. The first-order valence-electron chi connectivity index (χ1n) is 9.29. The molecule has 0 unspecified atom stereocenters. The molecule has 3 rings (SSSR count). The molecule has 2 heterocycles. The smallest absolute Gasteiger partial charge is 0.326 e. The van der Waals surface area contributed by atoms with Gasteiger partial charge in [0.1, 0.15) is 19.0 Å². The first kappa shape index (κ1) is 21.7. The number of carbonyl (C=O) groups excluding carboxylic acids is 1. The molecule has 0 fully saturated rings. The highest BCUT2D eigenvalue weighted by Crippen LogP contribution is 2.22. The molecule has 0 amide bonds. The van der Waals surface area contributed by atoms with Crippen molar-refractivity contribution in [2.75, 3.05) is 32.6 Å². The second kappa shape index (κ2) is 8.76. The summed E-state index contributed by atoms with van der Waals surface area (Å²) in [6, 6.07) is 6.49. The number of anilines is 1. The van der Waals surface area contributed by atoms with Gasteiger partial charge in [-0.25, -0.2) is 27.7 Å². The van der Waals surface area contributed by atoms with Crippen LogP contribution in [0.3, 0.4) is 0 Å². The molecule has 1 aromatic carbocycles. The van der Waals surface area contributed by atoms with Crippen LogP contribution in [0.2, 0.25) is 0 Å². The molecule has 11 heteroatoms. The maximum Gasteiger partial charge on any atom is 0.326 e. The average Bonchev–Trinajstić information content (AvgIpc) is 3.09. The highest BCUT2D eigenvalue weighted by Gasteiger charge is 2.20. The van der Waals surface area contributed by atoms with Gasteiger partial charge in [-0.1, -0.05) is 0 Å². The molecular weight excluding hydrogens is 408 g/mol. The lowest BCUT2D eigenvalue weighted by atomic mass is 10.3. The van der Waals surface area contributed by atoms with Gasteiger partial charge in [0.05, 0.1) is 15.9 Å². The predicted octanol–water partition coefficient (Wildman–Crippen LogP) is 1.28. The number of rotatable bonds is 8. The molecule has 0 aliphatic heterocycles. The summed E-state index contributed by atoms with van der Waals surface area (Å²) in [5.74, 6) is 0.513. The van der Waals surface area contributed by atoms with Gasteiger partial charge < -0.3 is 14.2 Å². The summed E-state index contributed by atoms with van der Waals surface area (Å²) in [4.78, 5) is 26.6. The fraction of sp³-hybridized carbons (Fsp3) is 0.368. The Balaban J connectivity index is 1.76. The normalized spacial score (nSPS) is 11.8. The quantitative estimate of drug-likeness (QED) is 0.490. The predicted molar refractivity (Wildman–Crippen MR) is 111 cm³/mol. The Morgan fingerprint density at radius 2 is 1.87 bits per heavy atom. The number of aryl methyl sites for hydroxylation is 1. The maximum absolute atomic E-state index is 12.4. The lowest BCUT2D eigenvalue weighted by Gasteiger charge is -2.15. The lowest BCUT2D eigenvalue weighted by Crippen LogP contribution is -2.28. The van der Waals surface area contributed by atoms with E-state index in [-0.39, 0.29) is 18.0 Å². The van der Waals surface area contributed by atoms with E-state index in [1.54, 1.807) is 42.5 Å². The third kappa shape index (κ3) is 4.41. The standard InChI is InChI=1S/C19H24N6O4S/c1-5-25-16-8-7-14(30(27,28)23(2)3)11-15(16)22-17(25)13-29-18(26)12-24(4)19-20-9-6-10-21-19/h6-11H,5,12-13H2,1-4H3.